The molecule has 0 aliphatic rings. The molecule has 1 aromatic carbocycles. The van der Waals surface area contributed by atoms with Gasteiger partial charge < -0.3 is 5.32 Å². The Morgan fingerprint density at radius 3 is 2.19 bits per heavy atom. The molecule has 2 N–H and O–H groups in total. The maximum absolute atomic E-state index is 12.0. The lowest BCUT2D eigenvalue weighted by molar-refractivity contribution is 0.578. The van der Waals surface area contributed by atoms with Gasteiger partial charge in [0.2, 0.25) is 10.0 Å². The van der Waals surface area contributed by atoms with Crippen LogP contribution in [0.2, 0.25) is 0 Å². The Balaban J connectivity index is 2.41. The Kier molecular flexibility index (Phi) is 6.29. The Morgan fingerprint density at radius 2 is 1.67 bits per heavy atom. The van der Waals surface area contributed by atoms with Crippen molar-refractivity contribution in [1.29, 1.82) is 5.26 Å². The van der Waals surface area contributed by atoms with E-state index in [2.05, 4.69) is 10.0 Å². The van der Waals surface area contributed by atoms with Gasteiger partial charge in [-0.1, -0.05) is 0 Å². The average molecular weight is 331 g/mol. The number of sulfonamides is 1. The van der Waals surface area contributed by atoms with E-state index in [1.807, 2.05) is 6.07 Å². The van der Waals surface area contributed by atoms with Crippen molar-refractivity contribution in [3.05, 3.63) is 29.8 Å². The van der Waals surface area contributed by atoms with Crippen molar-refractivity contribution in [3.8, 4) is 6.07 Å². The molecule has 1 aromatic rings. The molecule has 0 aliphatic heterocycles. The molecule has 7 nitrogen and oxygen atoms in total. The monoisotopic (exact) mass is 331 g/mol. The average Bonchev–Trinajstić information content (AvgIpc) is 2.41. The first-order valence-electron chi connectivity index (χ1n) is 6.13. The third kappa shape index (κ3) is 6.68. The molecule has 0 aromatic heterocycles. The maximum Gasteiger partial charge on any atom is 0.208 e. The van der Waals surface area contributed by atoms with Gasteiger partial charge in [0.25, 0.3) is 0 Å². The van der Waals surface area contributed by atoms with Crippen molar-refractivity contribution in [2.75, 3.05) is 31.6 Å². The highest BCUT2D eigenvalue weighted by Gasteiger charge is 2.13. The number of benzene rings is 1. The van der Waals surface area contributed by atoms with Crippen molar-refractivity contribution in [3.63, 3.8) is 0 Å². The van der Waals surface area contributed by atoms with Crippen LogP contribution in [-0.4, -0.2) is 48.5 Å². The summed E-state index contributed by atoms with van der Waals surface area (Å²) < 4.78 is 47.9. The van der Waals surface area contributed by atoms with E-state index in [0.29, 0.717) is 12.1 Å². The summed E-state index contributed by atoms with van der Waals surface area (Å²) in [7, 11) is -6.64. The highest BCUT2D eigenvalue weighted by molar-refractivity contribution is 7.91. The largest absolute Gasteiger partial charge is 0.314 e. The third-order valence-corrected chi connectivity index (χ3v) is 5.02. The van der Waals surface area contributed by atoms with E-state index in [0.717, 1.165) is 6.26 Å². The molecular formula is C12H17N3O4S2. The van der Waals surface area contributed by atoms with Gasteiger partial charge in [0.1, 0.15) is 0 Å². The van der Waals surface area contributed by atoms with Gasteiger partial charge in [-0.05, 0) is 24.3 Å². The molecule has 116 valence electrons. The zero-order valence-electron chi connectivity index (χ0n) is 11.5. The fourth-order valence-electron chi connectivity index (χ4n) is 1.51. The van der Waals surface area contributed by atoms with E-state index < -0.39 is 19.9 Å². The summed E-state index contributed by atoms with van der Waals surface area (Å²) in [6, 6.07) is 7.63. The van der Waals surface area contributed by atoms with E-state index >= 15 is 0 Å². The first-order chi connectivity index (χ1) is 9.74. The molecule has 0 radical (unpaired) electrons. The molecule has 0 saturated carbocycles. The van der Waals surface area contributed by atoms with E-state index in [9.17, 15) is 16.8 Å². The van der Waals surface area contributed by atoms with Gasteiger partial charge in [0.05, 0.1) is 28.5 Å². The minimum absolute atomic E-state index is 0.0994. The number of nitrogens with one attached hydrogen (secondary N) is 2. The number of sulfone groups is 1. The minimum Gasteiger partial charge on any atom is -0.314 e. The second-order valence-electron chi connectivity index (χ2n) is 4.37. The second-order valence-corrected chi connectivity index (χ2v) is 8.31. The summed E-state index contributed by atoms with van der Waals surface area (Å²) in [6.07, 6.45) is 1.06. The van der Waals surface area contributed by atoms with Crippen LogP contribution in [-0.2, 0) is 19.9 Å². The molecule has 0 atom stereocenters. The minimum atomic E-state index is -3.41. The van der Waals surface area contributed by atoms with Gasteiger partial charge in [0, 0.05) is 19.6 Å². The van der Waals surface area contributed by atoms with Crippen molar-refractivity contribution < 1.29 is 16.8 Å². The van der Waals surface area contributed by atoms with E-state index in [1.165, 1.54) is 24.3 Å². The summed E-state index contributed by atoms with van der Waals surface area (Å²) in [4.78, 5) is 0.164. The molecule has 9 heteroatoms. The highest BCUT2D eigenvalue weighted by Crippen LogP contribution is 2.11. The van der Waals surface area contributed by atoms with Crippen LogP contribution in [0.15, 0.2) is 29.2 Å². The molecule has 0 aliphatic carbocycles. The lowest BCUT2D eigenvalue weighted by Gasteiger charge is -2.07. The molecular weight excluding hydrogens is 314 g/mol. The summed E-state index contributed by atoms with van der Waals surface area (Å²) in [5, 5.41) is 11.5. The van der Waals surface area contributed by atoms with Gasteiger partial charge in [-0.25, -0.2) is 21.6 Å². The maximum atomic E-state index is 12.0. The van der Waals surface area contributed by atoms with Crippen LogP contribution in [0, 0.1) is 11.3 Å². The topological polar surface area (TPSA) is 116 Å². The number of nitrogens with zero attached hydrogens (tertiary/aromatic N) is 1. The molecule has 21 heavy (non-hydrogen) atoms. The lowest BCUT2D eigenvalue weighted by Crippen LogP contribution is -2.33. The van der Waals surface area contributed by atoms with Crippen LogP contribution in [0.5, 0.6) is 0 Å². The Hall–Kier alpha value is -1.47. The van der Waals surface area contributed by atoms with Crippen LogP contribution in [0.25, 0.3) is 0 Å². The van der Waals surface area contributed by atoms with Gasteiger partial charge in [-0.15, -0.1) is 0 Å². The highest BCUT2D eigenvalue weighted by atomic mass is 32.2. The van der Waals surface area contributed by atoms with Crippen LogP contribution >= 0.6 is 0 Å². The van der Waals surface area contributed by atoms with Gasteiger partial charge in [-0.3, -0.25) is 0 Å². The standard InChI is InChI=1S/C12H17N3O4S2/c1-20(16,17)15-7-6-14-8-9-21(18,19)12-4-2-11(10-13)3-5-12/h2-5,14-15H,6-9H2,1H3. The van der Waals surface area contributed by atoms with E-state index in [1.54, 1.807) is 0 Å². The number of hydrogen-bond donors (Lipinski definition) is 2. The third-order valence-electron chi connectivity index (χ3n) is 2.56. The molecule has 0 unspecified atom stereocenters. The number of nitriles is 1. The molecule has 0 saturated heterocycles. The Morgan fingerprint density at radius 1 is 1.05 bits per heavy atom. The zero-order valence-corrected chi connectivity index (χ0v) is 13.2. The Bertz CT molecular complexity index is 704. The summed E-state index contributed by atoms with van der Waals surface area (Å²) in [5.74, 6) is -0.0994. The fourth-order valence-corrected chi connectivity index (χ4v) is 3.18. The van der Waals surface area contributed by atoms with Crippen molar-refractivity contribution in [2.24, 2.45) is 0 Å². The van der Waals surface area contributed by atoms with Crippen molar-refractivity contribution >= 4 is 19.9 Å². The molecule has 0 spiro atoms. The quantitative estimate of drug-likeness (QED) is 0.619. The molecule has 0 fully saturated rings. The molecule has 0 amide bonds. The molecule has 0 bridgehead atoms. The predicted molar refractivity (Wildman–Crippen MR) is 78.9 cm³/mol. The van der Waals surface area contributed by atoms with Gasteiger partial charge in [-0.2, -0.15) is 5.26 Å². The van der Waals surface area contributed by atoms with Crippen molar-refractivity contribution in [2.45, 2.75) is 4.90 Å². The fraction of sp³-hybridized carbons (Fsp3) is 0.417. The van der Waals surface area contributed by atoms with Crippen LogP contribution in [0.1, 0.15) is 5.56 Å². The molecule has 1 rings (SSSR count). The molecule has 0 heterocycles. The normalized spacial score (nSPS) is 12.0. The summed E-state index contributed by atoms with van der Waals surface area (Å²) in [5.41, 5.74) is 0.402. The Labute approximate surface area is 124 Å². The van der Waals surface area contributed by atoms with Gasteiger partial charge in [0.15, 0.2) is 9.84 Å². The van der Waals surface area contributed by atoms with Gasteiger partial charge >= 0.3 is 0 Å². The van der Waals surface area contributed by atoms with Crippen LogP contribution < -0.4 is 10.0 Å². The van der Waals surface area contributed by atoms with Crippen molar-refractivity contribution in [1.82, 2.24) is 10.0 Å². The van der Waals surface area contributed by atoms with E-state index in [4.69, 9.17) is 5.26 Å². The summed E-state index contributed by atoms with van der Waals surface area (Å²) in [6.45, 7) is 0.763. The second kappa shape index (κ2) is 7.51. The number of rotatable bonds is 8. The smallest absolute Gasteiger partial charge is 0.208 e. The first-order valence-corrected chi connectivity index (χ1v) is 9.67. The predicted octanol–water partition coefficient (Wildman–Crippen LogP) is -0.529. The zero-order chi connectivity index (χ0) is 15.9. The summed E-state index contributed by atoms with van der Waals surface area (Å²) >= 11 is 0. The van der Waals surface area contributed by atoms with E-state index in [-0.39, 0.29) is 23.7 Å². The number of hydrogen-bond acceptors (Lipinski definition) is 6. The first kappa shape index (κ1) is 17.6. The lowest BCUT2D eigenvalue weighted by atomic mass is 10.2. The van der Waals surface area contributed by atoms with Crippen LogP contribution in [0.4, 0.5) is 0 Å². The van der Waals surface area contributed by atoms with Crippen LogP contribution in [0.3, 0.4) is 0 Å². The SMILES string of the molecule is CS(=O)(=O)NCCNCCS(=O)(=O)c1ccc(C#N)cc1.